The summed E-state index contributed by atoms with van der Waals surface area (Å²) in [4.78, 5) is 15.2. The van der Waals surface area contributed by atoms with Gasteiger partial charge in [0.2, 0.25) is 6.41 Å². The number of rotatable bonds is 8. The van der Waals surface area contributed by atoms with Crippen molar-refractivity contribution in [2.45, 2.75) is 20.3 Å². The van der Waals surface area contributed by atoms with Crippen LogP contribution in [-0.2, 0) is 4.79 Å². The Balaban J connectivity index is 2.33. The van der Waals surface area contributed by atoms with Crippen molar-refractivity contribution in [1.29, 1.82) is 0 Å². The van der Waals surface area contributed by atoms with E-state index in [-0.39, 0.29) is 0 Å². The third-order valence-electron chi connectivity index (χ3n) is 3.79. The van der Waals surface area contributed by atoms with Crippen LogP contribution in [0.1, 0.15) is 30.8 Å². The molecule has 1 aromatic heterocycles. The fraction of sp³-hybridized carbons (Fsp3) is 0.143. The van der Waals surface area contributed by atoms with Crippen LogP contribution in [0.15, 0.2) is 67.2 Å². The second-order valence-corrected chi connectivity index (χ2v) is 6.56. The highest BCUT2D eigenvalue weighted by molar-refractivity contribution is 7.19. The highest BCUT2D eigenvalue weighted by Gasteiger charge is 2.09. The molecular formula is C21H21FN2OS. The fourth-order valence-electron chi connectivity index (χ4n) is 2.35. The van der Waals surface area contributed by atoms with Crippen LogP contribution in [0.3, 0.4) is 0 Å². The minimum Gasteiger partial charge on any atom is -0.333 e. The SMILES string of the molecule is C=C/C=C\C(=C\F)c1ccc2nc(/C(=C/C)C/C=C(\C)NC=O)sc2c1. The zero-order chi connectivity index (χ0) is 18.9. The lowest BCUT2D eigenvalue weighted by molar-refractivity contribution is -0.108. The van der Waals surface area contributed by atoms with E-state index in [1.165, 1.54) is 0 Å². The molecule has 134 valence electrons. The van der Waals surface area contributed by atoms with Crippen molar-refractivity contribution in [3.8, 4) is 0 Å². The van der Waals surface area contributed by atoms with Crippen LogP contribution in [0.4, 0.5) is 4.39 Å². The van der Waals surface area contributed by atoms with E-state index in [0.29, 0.717) is 24.7 Å². The monoisotopic (exact) mass is 368 g/mol. The predicted octanol–water partition coefficient (Wildman–Crippen LogP) is 5.79. The van der Waals surface area contributed by atoms with E-state index in [1.54, 1.807) is 29.6 Å². The number of fused-ring (bicyclic) bond motifs is 1. The lowest BCUT2D eigenvalue weighted by atomic mass is 10.1. The number of carbonyl (C=O) groups excluding carboxylic acids is 1. The molecule has 0 aliphatic rings. The Hall–Kier alpha value is -2.79. The Morgan fingerprint density at radius 3 is 2.88 bits per heavy atom. The summed E-state index contributed by atoms with van der Waals surface area (Å²) in [6.07, 6.45) is 10.9. The smallest absolute Gasteiger partial charge is 0.211 e. The Morgan fingerprint density at radius 1 is 1.42 bits per heavy atom. The Kier molecular flexibility index (Phi) is 7.24. The van der Waals surface area contributed by atoms with Crippen LogP contribution < -0.4 is 5.32 Å². The summed E-state index contributed by atoms with van der Waals surface area (Å²) in [5, 5.41) is 3.55. The number of amides is 1. The molecule has 1 aromatic carbocycles. The highest BCUT2D eigenvalue weighted by atomic mass is 32.1. The van der Waals surface area contributed by atoms with E-state index < -0.39 is 0 Å². The molecule has 0 fully saturated rings. The number of benzene rings is 1. The number of aromatic nitrogens is 1. The third-order valence-corrected chi connectivity index (χ3v) is 4.88. The van der Waals surface area contributed by atoms with Gasteiger partial charge in [-0.25, -0.2) is 9.37 Å². The molecule has 2 rings (SSSR count). The van der Waals surface area contributed by atoms with Crippen molar-refractivity contribution in [3.63, 3.8) is 0 Å². The largest absolute Gasteiger partial charge is 0.333 e. The summed E-state index contributed by atoms with van der Waals surface area (Å²) in [6.45, 7) is 7.41. The zero-order valence-electron chi connectivity index (χ0n) is 14.8. The van der Waals surface area contributed by atoms with Crippen LogP contribution in [0.25, 0.3) is 21.4 Å². The first kappa shape index (κ1) is 19.5. The van der Waals surface area contributed by atoms with Gasteiger partial charge in [-0.1, -0.05) is 43.0 Å². The molecule has 0 unspecified atom stereocenters. The summed E-state index contributed by atoms with van der Waals surface area (Å²) >= 11 is 1.57. The normalized spacial score (nSPS) is 13.4. The first-order chi connectivity index (χ1) is 12.6. The van der Waals surface area contributed by atoms with Gasteiger partial charge in [-0.2, -0.15) is 0 Å². The lowest BCUT2D eigenvalue weighted by Gasteiger charge is -2.01. The molecule has 26 heavy (non-hydrogen) atoms. The van der Waals surface area contributed by atoms with E-state index in [9.17, 15) is 9.18 Å². The summed E-state index contributed by atoms with van der Waals surface area (Å²) in [5.74, 6) is 0. The average Bonchev–Trinajstić information content (AvgIpc) is 3.06. The van der Waals surface area contributed by atoms with Gasteiger partial charge in [0.1, 0.15) is 5.01 Å². The first-order valence-corrected chi connectivity index (χ1v) is 8.97. The molecule has 1 N–H and O–H groups in total. The molecule has 0 saturated heterocycles. The Morgan fingerprint density at radius 2 is 2.23 bits per heavy atom. The number of nitrogens with zero attached hydrogens (tertiary/aromatic N) is 1. The van der Waals surface area contributed by atoms with Crippen molar-refractivity contribution >= 4 is 39.1 Å². The molecule has 0 spiro atoms. The lowest BCUT2D eigenvalue weighted by Crippen LogP contribution is -2.06. The van der Waals surface area contributed by atoms with Crippen molar-refractivity contribution in [1.82, 2.24) is 10.3 Å². The summed E-state index contributed by atoms with van der Waals surface area (Å²) < 4.78 is 14.2. The number of halogens is 1. The molecule has 0 saturated carbocycles. The second-order valence-electron chi connectivity index (χ2n) is 5.53. The van der Waals surface area contributed by atoms with Gasteiger partial charge in [0.05, 0.1) is 16.5 Å². The molecule has 2 aromatic rings. The van der Waals surface area contributed by atoms with E-state index in [2.05, 4.69) is 16.9 Å². The quantitative estimate of drug-likeness (QED) is 0.473. The van der Waals surface area contributed by atoms with Gasteiger partial charge in [0, 0.05) is 11.3 Å². The Labute approximate surface area is 157 Å². The number of thiazole rings is 1. The fourth-order valence-corrected chi connectivity index (χ4v) is 3.44. The van der Waals surface area contributed by atoms with Gasteiger partial charge in [0.25, 0.3) is 0 Å². The predicted molar refractivity (Wildman–Crippen MR) is 109 cm³/mol. The maximum atomic E-state index is 13.2. The van der Waals surface area contributed by atoms with Crippen molar-refractivity contribution in [3.05, 3.63) is 77.8 Å². The highest BCUT2D eigenvalue weighted by Crippen LogP contribution is 2.31. The molecular weight excluding hydrogens is 347 g/mol. The van der Waals surface area contributed by atoms with Crippen molar-refractivity contribution in [2.24, 2.45) is 0 Å². The molecule has 0 radical (unpaired) electrons. The van der Waals surface area contributed by atoms with Crippen molar-refractivity contribution in [2.75, 3.05) is 0 Å². The topological polar surface area (TPSA) is 42.0 Å². The molecule has 0 aliphatic carbocycles. The average molecular weight is 368 g/mol. The maximum Gasteiger partial charge on any atom is 0.211 e. The molecule has 1 heterocycles. The zero-order valence-corrected chi connectivity index (χ0v) is 15.6. The van der Waals surface area contributed by atoms with Crippen LogP contribution in [0.5, 0.6) is 0 Å². The third kappa shape index (κ3) is 4.86. The molecule has 3 nitrogen and oxygen atoms in total. The van der Waals surface area contributed by atoms with Gasteiger partial charge < -0.3 is 5.32 Å². The van der Waals surface area contributed by atoms with Gasteiger partial charge in [0.15, 0.2) is 0 Å². The number of hydrogen-bond acceptors (Lipinski definition) is 3. The number of hydrogen-bond donors (Lipinski definition) is 1. The van der Waals surface area contributed by atoms with Gasteiger partial charge in [-0.15, -0.1) is 11.3 Å². The van der Waals surface area contributed by atoms with E-state index in [0.717, 1.165) is 32.1 Å². The minimum atomic E-state index is 0.492. The summed E-state index contributed by atoms with van der Waals surface area (Å²) in [7, 11) is 0. The molecule has 0 bridgehead atoms. The summed E-state index contributed by atoms with van der Waals surface area (Å²) in [6, 6.07) is 5.70. The first-order valence-electron chi connectivity index (χ1n) is 8.15. The van der Waals surface area contributed by atoms with Gasteiger partial charge >= 0.3 is 0 Å². The standard InChI is InChI=1S/C21H21FN2OS/c1-4-6-7-18(13-22)17-10-11-19-20(12-17)26-21(24-19)16(5-2)9-8-15(3)23-14-25/h4-8,10-14H,1,9H2,2-3H3,(H,23,25)/b7-6-,15-8+,16-5+,18-13-. The van der Waals surface area contributed by atoms with Gasteiger partial charge in [-0.05, 0) is 43.5 Å². The molecule has 1 amide bonds. The maximum absolute atomic E-state index is 13.2. The molecule has 0 aliphatic heterocycles. The second kappa shape index (κ2) is 9.63. The molecule has 5 heteroatoms. The number of carbonyl (C=O) groups is 1. The van der Waals surface area contributed by atoms with Crippen LogP contribution >= 0.6 is 11.3 Å². The van der Waals surface area contributed by atoms with Crippen molar-refractivity contribution < 1.29 is 9.18 Å². The molecule has 0 atom stereocenters. The number of nitrogens with one attached hydrogen (secondary N) is 1. The van der Waals surface area contributed by atoms with Crippen LogP contribution in [-0.4, -0.2) is 11.4 Å². The Bertz CT molecular complexity index is 919. The van der Waals surface area contributed by atoms with E-state index >= 15 is 0 Å². The van der Waals surface area contributed by atoms with Gasteiger partial charge in [-0.3, -0.25) is 4.79 Å². The minimum absolute atomic E-state index is 0.492. The van der Waals surface area contributed by atoms with Crippen LogP contribution in [0, 0.1) is 0 Å². The summed E-state index contributed by atoms with van der Waals surface area (Å²) in [5.41, 5.74) is 4.04. The number of allylic oxidation sites excluding steroid dienone is 8. The van der Waals surface area contributed by atoms with E-state index in [1.807, 2.05) is 44.2 Å². The van der Waals surface area contributed by atoms with Crippen LogP contribution in [0.2, 0.25) is 0 Å². The van der Waals surface area contributed by atoms with E-state index in [4.69, 9.17) is 0 Å².